The number of carbonyl (C=O) groups excluding carboxylic acids is 1. The number of hydrogen-bond donors (Lipinski definition) is 1. The molecule has 0 aliphatic carbocycles. The fraction of sp³-hybridized carbons (Fsp3) is 0.111. The van der Waals surface area contributed by atoms with Gasteiger partial charge in [0.1, 0.15) is 17.1 Å². The summed E-state index contributed by atoms with van der Waals surface area (Å²) in [7, 11) is 0. The van der Waals surface area contributed by atoms with Gasteiger partial charge in [-0.2, -0.15) is 9.61 Å². The molecular formula is C18H15N5O2S. The summed E-state index contributed by atoms with van der Waals surface area (Å²) >= 11 is 1.43. The Bertz CT molecular complexity index is 1040. The van der Waals surface area contributed by atoms with E-state index in [4.69, 9.17) is 4.74 Å². The number of rotatable bonds is 5. The molecule has 2 aromatic heterocycles. The first kappa shape index (κ1) is 16.2. The molecular weight excluding hydrogens is 350 g/mol. The largest absolute Gasteiger partial charge is 0.483 e. The molecule has 0 bridgehead atoms. The number of aryl methyl sites for hydroxylation is 1. The van der Waals surface area contributed by atoms with E-state index in [2.05, 4.69) is 20.6 Å². The van der Waals surface area contributed by atoms with Crippen LogP contribution in [0.2, 0.25) is 0 Å². The maximum atomic E-state index is 12.2. The molecule has 0 saturated carbocycles. The van der Waals surface area contributed by atoms with Crippen LogP contribution in [0.3, 0.4) is 0 Å². The third-order valence-electron chi connectivity index (χ3n) is 3.73. The van der Waals surface area contributed by atoms with Crippen LogP contribution >= 0.6 is 11.3 Å². The number of amides is 1. The first-order chi connectivity index (χ1) is 12.7. The number of ether oxygens (including phenoxy) is 1. The number of anilines is 1. The molecule has 2 heterocycles. The zero-order valence-corrected chi connectivity index (χ0v) is 14.7. The second-order valence-electron chi connectivity index (χ2n) is 5.65. The lowest BCUT2D eigenvalue weighted by Crippen LogP contribution is -2.20. The van der Waals surface area contributed by atoms with Gasteiger partial charge in [0.05, 0.1) is 0 Å². The van der Waals surface area contributed by atoms with Crippen molar-refractivity contribution >= 4 is 27.9 Å². The lowest BCUT2D eigenvalue weighted by Gasteiger charge is -2.09. The van der Waals surface area contributed by atoms with Crippen LogP contribution in [0.5, 0.6) is 5.75 Å². The van der Waals surface area contributed by atoms with Gasteiger partial charge in [0.15, 0.2) is 6.61 Å². The van der Waals surface area contributed by atoms with Gasteiger partial charge in [-0.15, -0.1) is 10.2 Å². The van der Waals surface area contributed by atoms with Crippen LogP contribution in [0.4, 0.5) is 5.69 Å². The molecule has 0 aliphatic rings. The van der Waals surface area contributed by atoms with Crippen molar-refractivity contribution in [3.63, 3.8) is 0 Å². The van der Waals surface area contributed by atoms with Gasteiger partial charge in [-0.1, -0.05) is 41.7 Å². The molecule has 7 nitrogen and oxygen atoms in total. The molecule has 8 heteroatoms. The van der Waals surface area contributed by atoms with E-state index in [0.717, 1.165) is 21.1 Å². The third-order valence-corrected chi connectivity index (χ3v) is 4.69. The molecule has 0 spiro atoms. The molecule has 0 atom stereocenters. The first-order valence-electron chi connectivity index (χ1n) is 7.94. The quantitative estimate of drug-likeness (QED) is 0.587. The highest BCUT2D eigenvalue weighted by Gasteiger charge is 2.10. The number of nitrogens with zero attached hydrogens (tertiary/aromatic N) is 4. The molecule has 0 radical (unpaired) electrons. The molecule has 0 aliphatic heterocycles. The number of nitrogens with one attached hydrogen (secondary N) is 1. The Morgan fingerprint density at radius 3 is 2.96 bits per heavy atom. The van der Waals surface area contributed by atoms with Crippen LogP contribution in [0.25, 0.3) is 15.5 Å². The topological polar surface area (TPSA) is 81.4 Å². The number of benzene rings is 2. The van der Waals surface area contributed by atoms with E-state index in [9.17, 15) is 4.79 Å². The summed E-state index contributed by atoms with van der Waals surface area (Å²) in [5.41, 5.74) is 2.58. The standard InChI is InChI=1S/C18H15N5O2S/c1-12-5-2-3-8-15(12)25-10-16(24)20-14-7-4-6-13(9-14)17-22-23-11-19-21-18(23)26-17/h2-9,11H,10H2,1H3,(H,20,24). The Morgan fingerprint density at radius 2 is 2.12 bits per heavy atom. The highest BCUT2D eigenvalue weighted by atomic mass is 32.1. The lowest BCUT2D eigenvalue weighted by atomic mass is 10.2. The molecule has 1 N–H and O–H groups in total. The van der Waals surface area contributed by atoms with Crippen LogP contribution in [0.15, 0.2) is 54.9 Å². The SMILES string of the molecule is Cc1ccccc1OCC(=O)Nc1cccc(-c2nn3cnnc3s2)c1. The summed E-state index contributed by atoms with van der Waals surface area (Å²) in [6.45, 7) is 1.89. The normalized spacial score (nSPS) is 10.8. The minimum Gasteiger partial charge on any atom is -0.483 e. The van der Waals surface area contributed by atoms with Crippen LogP contribution < -0.4 is 10.1 Å². The lowest BCUT2D eigenvalue weighted by molar-refractivity contribution is -0.118. The average Bonchev–Trinajstić information content (AvgIpc) is 3.23. The van der Waals surface area contributed by atoms with Crippen molar-refractivity contribution in [2.75, 3.05) is 11.9 Å². The smallest absolute Gasteiger partial charge is 0.262 e. The Kier molecular flexibility index (Phi) is 4.32. The average molecular weight is 365 g/mol. The molecule has 130 valence electrons. The Hall–Kier alpha value is -3.26. The van der Waals surface area contributed by atoms with Crippen LogP contribution in [0, 0.1) is 6.92 Å². The Labute approximate surface area is 153 Å². The van der Waals surface area contributed by atoms with E-state index in [0.29, 0.717) is 11.4 Å². The highest BCUT2D eigenvalue weighted by molar-refractivity contribution is 7.19. The van der Waals surface area contributed by atoms with Gasteiger partial charge in [0.2, 0.25) is 4.96 Å². The zero-order valence-electron chi connectivity index (χ0n) is 13.9. The first-order valence-corrected chi connectivity index (χ1v) is 8.76. The fourth-order valence-electron chi connectivity index (χ4n) is 2.47. The van der Waals surface area contributed by atoms with E-state index in [-0.39, 0.29) is 12.5 Å². The van der Waals surface area contributed by atoms with Gasteiger partial charge >= 0.3 is 0 Å². The summed E-state index contributed by atoms with van der Waals surface area (Å²) in [4.78, 5) is 12.9. The predicted molar refractivity (Wildman–Crippen MR) is 99.4 cm³/mol. The zero-order chi connectivity index (χ0) is 17.9. The summed E-state index contributed by atoms with van der Waals surface area (Å²) in [6, 6.07) is 15.1. The second kappa shape index (κ2) is 6.93. The molecule has 4 aromatic rings. The van der Waals surface area contributed by atoms with Crippen LogP contribution in [-0.2, 0) is 4.79 Å². The molecule has 0 fully saturated rings. The van der Waals surface area contributed by atoms with Gasteiger partial charge in [-0.05, 0) is 30.7 Å². The van der Waals surface area contributed by atoms with Crippen molar-refractivity contribution in [3.05, 3.63) is 60.4 Å². The summed E-state index contributed by atoms with van der Waals surface area (Å²) in [5, 5.41) is 15.8. The fourth-order valence-corrected chi connectivity index (χ4v) is 3.28. The maximum absolute atomic E-state index is 12.2. The van der Waals surface area contributed by atoms with Gasteiger partial charge in [0.25, 0.3) is 5.91 Å². The number of para-hydroxylation sites is 1. The van der Waals surface area contributed by atoms with E-state index in [1.165, 1.54) is 11.3 Å². The van der Waals surface area contributed by atoms with Gasteiger partial charge in [-0.25, -0.2) is 0 Å². The monoisotopic (exact) mass is 365 g/mol. The molecule has 2 aromatic carbocycles. The summed E-state index contributed by atoms with van der Waals surface area (Å²) in [6.07, 6.45) is 1.56. The van der Waals surface area contributed by atoms with E-state index >= 15 is 0 Å². The van der Waals surface area contributed by atoms with Gasteiger partial charge in [-0.3, -0.25) is 4.79 Å². The second-order valence-corrected chi connectivity index (χ2v) is 6.60. The maximum Gasteiger partial charge on any atom is 0.262 e. The summed E-state index contributed by atoms with van der Waals surface area (Å²) in [5.74, 6) is 0.486. The number of aromatic nitrogens is 4. The molecule has 0 unspecified atom stereocenters. The van der Waals surface area contributed by atoms with Crippen LogP contribution in [-0.4, -0.2) is 32.3 Å². The van der Waals surface area contributed by atoms with Gasteiger partial charge in [0, 0.05) is 11.3 Å². The number of fused-ring (bicyclic) bond motifs is 1. The van der Waals surface area contributed by atoms with Crippen molar-refractivity contribution in [3.8, 4) is 16.3 Å². The molecule has 1 amide bonds. The Balaban J connectivity index is 1.44. The van der Waals surface area contributed by atoms with Crippen LogP contribution in [0.1, 0.15) is 5.56 Å². The van der Waals surface area contributed by atoms with Gasteiger partial charge < -0.3 is 10.1 Å². The molecule has 0 saturated heterocycles. The van der Waals surface area contributed by atoms with E-state index in [1.54, 1.807) is 10.8 Å². The predicted octanol–water partition coefficient (Wildman–Crippen LogP) is 3.18. The molecule has 4 rings (SSSR count). The van der Waals surface area contributed by atoms with Crippen molar-refractivity contribution < 1.29 is 9.53 Å². The van der Waals surface area contributed by atoms with E-state index < -0.39 is 0 Å². The van der Waals surface area contributed by atoms with Crippen molar-refractivity contribution in [2.45, 2.75) is 6.92 Å². The van der Waals surface area contributed by atoms with Crippen molar-refractivity contribution in [2.24, 2.45) is 0 Å². The van der Waals surface area contributed by atoms with Crippen molar-refractivity contribution in [1.82, 2.24) is 19.8 Å². The minimum atomic E-state index is -0.219. The van der Waals surface area contributed by atoms with Crippen molar-refractivity contribution in [1.29, 1.82) is 0 Å². The molecule has 26 heavy (non-hydrogen) atoms. The third kappa shape index (κ3) is 3.40. The summed E-state index contributed by atoms with van der Waals surface area (Å²) < 4.78 is 7.20. The van der Waals surface area contributed by atoms with E-state index in [1.807, 2.05) is 55.5 Å². The minimum absolute atomic E-state index is 0.0498. The number of carbonyl (C=O) groups is 1. The number of hydrogen-bond acceptors (Lipinski definition) is 6. The highest BCUT2D eigenvalue weighted by Crippen LogP contribution is 2.26. The Morgan fingerprint density at radius 1 is 1.23 bits per heavy atom.